The molecule has 23 heavy (non-hydrogen) atoms. The van der Waals surface area contributed by atoms with Crippen LogP contribution < -0.4 is 10.5 Å². The molecule has 1 saturated heterocycles. The number of ether oxygens (including phenoxy) is 1. The van der Waals surface area contributed by atoms with Gasteiger partial charge in [0.05, 0.1) is 0 Å². The van der Waals surface area contributed by atoms with Crippen molar-refractivity contribution in [1.29, 1.82) is 0 Å². The van der Waals surface area contributed by atoms with Gasteiger partial charge in [-0.25, -0.2) is 0 Å². The molecule has 2 atom stereocenters. The number of hydrogen-bond donors (Lipinski definition) is 1. The summed E-state index contributed by atoms with van der Waals surface area (Å²) in [5.74, 6) is 1.72. The number of hydrogen-bond acceptors (Lipinski definition) is 3. The molecule has 2 unspecified atom stereocenters. The van der Waals surface area contributed by atoms with E-state index in [9.17, 15) is 4.79 Å². The van der Waals surface area contributed by atoms with E-state index >= 15 is 0 Å². The first-order valence-corrected chi connectivity index (χ1v) is 8.65. The number of amides is 1. The van der Waals surface area contributed by atoms with Crippen LogP contribution in [0.1, 0.15) is 50.7 Å². The van der Waals surface area contributed by atoms with E-state index in [0.717, 1.165) is 31.7 Å². The van der Waals surface area contributed by atoms with E-state index in [2.05, 4.69) is 26.8 Å². The Hall–Kier alpha value is -1.55. The van der Waals surface area contributed by atoms with Crippen LogP contribution in [-0.2, 0) is 4.79 Å². The first-order chi connectivity index (χ1) is 10.9. The summed E-state index contributed by atoms with van der Waals surface area (Å²) in [5, 5.41) is 0. The van der Waals surface area contributed by atoms with Crippen LogP contribution in [0.15, 0.2) is 18.2 Å². The molecule has 1 aliphatic heterocycles. The third kappa shape index (κ3) is 4.71. The fraction of sp³-hybridized carbons (Fsp3) is 0.632. The number of carbonyl (C=O) groups is 1. The zero-order chi connectivity index (χ0) is 17.0. The Morgan fingerprint density at radius 2 is 2.13 bits per heavy atom. The smallest absolute Gasteiger partial charge is 0.260 e. The minimum absolute atomic E-state index is 0.0564. The van der Waals surface area contributed by atoms with Gasteiger partial charge in [-0.15, -0.1) is 0 Å². The van der Waals surface area contributed by atoms with Crippen molar-refractivity contribution in [3.8, 4) is 5.75 Å². The van der Waals surface area contributed by atoms with Gasteiger partial charge in [0.25, 0.3) is 5.91 Å². The second-order valence-corrected chi connectivity index (χ2v) is 7.06. The number of piperidine rings is 1. The predicted molar refractivity (Wildman–Crippen MR) is 93.7 cm³/mol. The maximum atomic E-state index is 12.4. The van der Waals surface area contributed by atoms with Crippen molar-refractivity contribution < 1.29 is 9.53 Å². The third-order valence-electron chi connectivity index (χ3n) is 4.78. The molecule has 0 aliphatic carbocycles. The van der Waals surface area contributed by atoms with Gasteiger partial charge in [0, 0.05) is 19.1 Å². The van der Waals surface area contributed by atoms with Gasteiger partial charge in [-0.05, 0) is 61.8 Å². The van der Waals surface area contributed by atoms with E-state index in [1.807, 2.05) is 24.0 Å². The summed E-state index contributed by atoms with van der Waals surface area (Å²) in [6.07, 6.45) is 2.14. The maximum absolute atomic E-state index is 12.4. The van der Waals surface area contributed by atoms with Crippen molar-refractivity contribution in [2.24, 2.45) is 11.7 Å². The second kappa shape index (κ2) is 7.82. The number of benzene rings is 1. The van der Waals surface area contributed by atoms with Crippen LogP contribution in [0.4, 0.5) is 0 Å². The highest BCUT2D eigenvalue weighted by molar-refractivity contribution is 5.77. The van der Waals surface area contributed by atoms with Gasteiger partial charge in [0.1, 0.15) is 5.75 Å². The fourth-order valence-corrected chi connectivity index (χ4v) is 3.29. The number of carbonyl (C=O) groups excluding carboxylic acids is 1. The van der Waals surface area contributed by atoms with Gasteiger partial charge in [0.15, 0.2) is 6.61 Å². The molecule has 1 amide bonds. The molecule has 0 spiro atoms. The number of nitrogens with zero attached hydrogens (tertiary/aromatic N) is 1. The van der Waals surface area contributed by atoms with Crippen LogP contribution in [-0.4, -0.2) is 36.5 Å². The van der Waals surface area contributed by atoms with E-state index in [1.54, 1.807) is 0 Å². The molecule has 1 aromatic carbocycles. The lowest BCUT2D eigenvalue weighted by atomic mass is 9.92. The van der Waals surface area contributed by atoms with Crippen LogP contribution in [0, 0.1) is 12.8 Å². The zero-order valence-electron chi connectivity index (χ0n) is 14.8. The van der Waals surface area contributed by atoms with Gasteiger partial charge in [-0.2, -0.15) is 0 Å². The van der Waals surface area contributed by atoms with E-state index < -0.39 is 0 Å². The largest absolute Gasteiger partial charge is 0.484 e. The van der Waals surface area contributed by atoms with Crippen molar-refractivity contribution in [3.05, 3.63) is 29.3 Å². The SMILES string of the molecule is Cc1cc(OCC(=O)N2CCCC(C(C)N)C2)ccc1C(C)C. The van der Waals surface area contributed by atoms with Crippen LogP contribution >= 0.6 is 0 Å². The average Bonchev–Trinajstić information content (AvgIpc) is 2.52. The first-order valence-electron chi connectivity index (χ1n) is 8.65. The van der Waals surface area contributed by atoms with Crippen molar-refractivity contribution in [3.63, 3.8) is 0 Å². The second-order valence-electron chi connectivity index (χ2n) is 7.06. The van der Waals surface area contributed by atoms with E-state index in [1.165, 1.54) is 11.1 Å². The standard InChI is InChI=1S/C19H30N2O2/c1-13(2)18-8-7-17(10-14(18)3)23-12-19(22)21-9-5-6-16(11-21)15(4)20/h7-8,10,13,15-16H,5-6,9,11-12,20H2,1-4H3. The first kappa shape index (κ1) is 17.8. The summed E-state index contributed by atoms with van der Waals surface area (Å²) in [6.45, 7) is 10.1. The molecule has 1 heterocycles. The molecular formula is C19H30N2O2. The van der Waals surface area contributed by atoms with Gasteiger partial charge in [0.2, 0.25) is 0 Å². The Kier molecular flexibility index (Phi) is 6.05. The van der Waals surface area contributed by atoms with E-state index in [4.69, 9.17) is 10.5 Å². The normalized spacial score (nSPS) is 19.7. The lowest BCUT2D eigenvalue weighted by Crippen LogP contribution is -2.46. The third-order valence-corrected chi connectivity index (χ3v) is 4.78. The Balaban J connectivity index is 1.90. The van der Waals surface area contributed by atoms with Crippen LogP contribution in [0.5, 0.6) is 5.75 Å². The number of aryl methyl sites for hydroxylation is 1. The number of likely N-dealkylation sites (tertiary alicyclic amines) is 1. The van der Waals surface area contributed by atoms with E-state index in [0.29, 0.717) is 11.8 Å². The topological polar surface area (TPSA) is 55.6 Å². The van der Waals surface area contributed by atoms with Crippen LogP contribution in [0.2, 0.25) is 0 Å². The molecule has 1 aliphatic rings. The average molecular weight is 318 g/mol. The van der Waals surface area contributed by atoms with Crippen LogP contribution in [0.3, 0.4) is 0 Å². The Labute approximate surface area is 140 Å². The van der Waals surface area contributed by atoms with E-state index in [-0.39, 0.29) is 18.6 Å². The molecular weight excluding hydrogens is 288 g/mol. The minimum atomic E-state index is 0.0564. The summed E-state index contributed by atoms with van der Waals surface area (Å²) in [7, 11) is 0. The number of nitrogens with two attached hydrogens (primary N) is 1. The zero-order valence-corrected chi connectivity index (χ0v) is 14.8. The minimum Gasteiger partial charge on any atom is -0.484 e. The molecule has 2 N–H and O–H groups in total. The van der Waals surface area contributed by atoms with Gasteiger partial charge in [-0.3, -0.25) is 4.79 Å². The van der Waals surface area contributed by atoms with Crippen LogP contribution in [0.25, 0.3) is 0 Å². The molecule has 1 fully saturated rings. The molecule has 0 saturated carbocycles. The summed E-state index contributed by atoms with van der Waals surface area (Å²) >= 11 is 0. The summed E-state index contributed by atoms with van der Waals surface area (Å²) in [5.41, 5.74) is 8.51. The molecule has 0 radical (unpaired) electrons. The van der Waals surface area contributed by atoms with Crippen molar-refractivity contribution in [1.82, 2.24) is 4.90 Å². The quantitative estimate of drug-likeness (QED) is 0.907. The Bertz CT molecular complexity index is 540. The molecule has 0 aromatic heterocycles. The highest BCUT2D eigenvalue weighted by Gasteiger charge is 2.25. The summed E-state index contributed by atoms with van der Waals surface area (Å²) in [6, 6.07) is 6.20. The highest BCUT2D eigenvalue weighted by atomic mass is 16.5. The van der Waals surface area contributed by atoms with Gasteiger partial charge >= 0.3 is 0 Å². The lowest BCUT2D eigenvalue weighted by Gasteiger charge is -2.34. The molecule has 0 bridgehead atoms. The van der Waals surface area contributed by atoms with Crippen molar-refractivity contribution >= 4 is 5.91 Å². The van der Waals surface area contributed by atoms with Crippen molar-refractivity contribution in [2.45, 2.75) is 52.5 Å². The highest BCUT2D eigenvalue weighted by Crippen LogP contribution is 2.24. The number of rotatable bonds is 5. The molecule has 4 heteroatoms. The fourth-order valence-electron chi connectivity index (χ4n) is 3.29. The molecule has 2 rings (SSSR count). The Morgan fingerprint density at radius 3 is 2.74 bits per heavy atom. The Morgan fingerprint density at radius 1 is 1.39 bits per heavy atom. The maximum Gasteiger partial charge on any atom is 0.260 e. The molecule has 4 nitrogen and oxygen atoms in total. The van der Waals surface area contributed by atoms with Gasteiger partial charge in [-0.1, -0.05) is 19.9 Å². The molecule has 1 aromatic rings. The predicted octanol–water partition coefficient (Wildman–Crippen LogP) is 3.08. The molecule has 128 valence electrons. The van der Waals surface area contributed by atoms with Crippen molar-refractivity contribution in [2.75, 3.05) is 19.7 Å². The lowest BCUT2D eigenvalue weighted by molar-refractivity contribution is -0.135. The van der Waals surface area contributed by atoms with Gasteiger partial charge < -0.3 is 15.4 Å². The summed E-state index contributed by atoms with van der Waals surface area (Å²) in [4.78, 5) is 14.3. The summed E-state index contributed by atoms with van der Waals surface area (Å²) < 4.78 is 5.71. The monoisotopic (exact) mass is 318 g/mol.